The van der Waals surface area contributed by atoms with E-state index in [1.165, 1.54) is 0 Å². The van der Waals surface area contributed by atoms with Gasteiger partial charge in [0.15, 0.2) is 5.96 Å². The van der Waals surface area contributed by atoms with Crippen LogP contribution in [-0.2, 0) is 24.9 Å². The molecule has 3 rings (SSSR count). The molecule has 0 aromatic heterocycles. The molecule has 0 radical (unpaired) electrons. The molecule has 3 aliphatic rings. The monoisotopic (exact) mass is 491 g/mol. The zero-order valence-electron chi connectivity index (χ0n) is 14.9. The lowest BCUT2D eigenvalue weighted by atomic mass is 9.84. The van der Waals surface area contributed by atoms with Gasteiger partial charge < -0.3 is 40.9 Å². The second-order valence-corrected chi connectivity index (χ2v) is 8.92. The van der Waals surface area contributed by atoms with Crippen molar-refractivity contribution < 1.29 is 55.3 Å². The number of aliphatic imine (C=N–C) groups is 1. The van der Waals surface area contributed by atoms with Crippen molar-refractivity contribution in [3.8, 4) is 0 Å². The Balaban J connectivity index is 2.12. The maximum atomic E-state index is 12.7. The molecule has 0 aliphatic carbocycles. The molecule has 12 N–H and O–H groups in total. The molecule has 0 aromatic carbocycles. The number of hydroxylamine groups is 1. The fourth-order valence-electron chi connectivity index (χ4n) is 3.65. The van der Waals surface area contributed by atoms with Crippen LogP contribution < -0.4 is 21.5 Å². The van der Waals surface area contributed by atoms with Crippen LogP contribution in [0.1, 0.15) is 6.42 Å². The van der Waals surface area contributed by atoms with E-state index in [0.29, 0.717) is 11.1 Å². The summed E-state index contributed by atoms with van der Waals surface area (Å²) in [6.07, 6.45) is -0.750. The lowest BCUT2D eigenvalue weighted by Gasteiger charge is -2.48. The van der Waals surface area contributed by atoms with Gasteiger partial charge in [0.05, 0.1) is 6.42 Å². The summed E-state index contributed by atoms with van der Waals surface area (Å²) in [6.45, 7) is 0. The van der Waals surface area contributed by atoms with Gasteiger partial charge in [-0.25, -0.2) is 9.89 Å². The van der Waals surface area contributed by atoms with Gasteiger partial charge in [-0.3, -0.25) is 19.6 Å². The molecule has 0 saturated carbocycles. The Kier molecular flexibility index (Phi) is 4.86. The van der Waals surface area contributed by atoms with Crippen LogP contribution in [0, 0.1) is 5.21 Å². The molecule has 0 fully saturated rings. The van der Waals surface area contributed by atoms with Crippen LogP contribution in [0.3, 0.4) is 0 Å². The third-order valence-corrected chi connectivity index (χ3v) is 5.62. The molecule has 19 nitrogen and oxygen atoms in total. The molecular formula is C10H17N7O12S2. The first kappa shape index (κ1) is 23.2. The minimum Gasteiger partial charge on any atom is -0.744 e. The molecule has 1 unspecified atom stereocenters. The summed E-state index contributed by atoms with van der Waals surface area (Å²) in [4.78, 5) is 4.33. The highest BCUT2D eigenvalue weighted by molar-refractivity contribution is 7.83. The van der Waals surface area contributed by atoms with Gasteiger partial charge in [0.2, 0.25) is 11.7 Å². The summed E-state index contributed by atoms with van der Waals surface area (Å²) in [5, 5.41) is 56.1. The molecule has 21 heteroatoms. The molecule has 0 amide bonds. The highest BCUT2D eigenvalue weighted by Crippen LogP contribution is 2.47. The van der Waals surface area contributed by atoms with Crippen molar-refractivity contribution in [1.29, 1.82) is 0 Å². The number of hydrogen-bond donors (Lipinski definition) is 10. The number of hydrogen-bond acceptors (Lipinski definition) is 15. The van der Waals surface area contributed by atoms with Gasteiger partial charge in [-0.1, -0.05) is 0 Å². The predicted octanol–water partition coefficient (Wildman–Crippen LogP) is -6.75. The van der Waals surface area contributed by atoms with Gasteiger partial charge in [-0.05, 0) is 0 Å². The predicted molar refractivity (Wildman–Crippen MR) is 94.1 cm³/mol. The first-order chi connectivity index (χ1) is 13.8. The van der Waals surface area contributed by atoms with E-state index in [9.17, 15) is 42.5 Å². The highest BCUT2D eigenvalue weighted by Gasteiger charge is 2.76. The van der Waals surface area contributed by atoms with E-state index in [-0.39, 0.29) is 4.74 Å². The van der Waals surface area contributed by atoms with Crippen LogP contribution in [0.4, 0.5) is 0 Å². The Hall–Kier alpha value is -2.50. The van der Waals surface area contributed by atoms with Gasteiger partial charge in [0.25, 0.3) is 11.4 Å². The van der Waals surface area contributed by atoms with E-state index in [0.717, 1.165) is 4.72 Å². The molecule has 0 saturated heterocycles. The van der Waals surface area contributed by atoms with Crippen molar-refractivity contribution in [1.82, 2.24) is 14.9 Å². The quantitative estimate of drug-likeness (QED) is 0.0714. The Morgan fingerprint density at radius 2 is 1.90 bits per heavy atom. The number of guanidine groups is 2. The lowest BCUT2D eigenvalue weighted by Crippen LogP contribution is -2.79. The van der Waals surface area contributed by atoms with Crippen LogP contribution >= 0.6 is 0 Å². The van der Waals surface area contributed by atoms with E-state index in [1.807, 2.05) is 0 Å². The largest absolute Gasteiger partial charge is 0.744 e. The van der Waals surface area contributed by atoms with Crippen LogP contribution in [0.2, 0.25) is 0 Å². The molecule has 3 heterocycles. The van der Waals surface area contributed by atoms with Crippen LogP contribution in [0.5, 0.6) is 0 Å². The van der Waals surface area contributed by atoms with Gasteiger partial charge in [0, 0.05) is 0 Å². The zero-order valence-corrected chi connectivity index (χ0v) is 16.5. The third kappa shape index (κ3) is 3.70. The molecule has 3 aliphatic heterocycles. The fourth-order valence-corrected chi connectivity index (χ4v) is 4.53. The van der Waals surface area contributed by atoms with Gasteiger partial charge in [0.1, 0.15) is 18.3 Å². The topological polar surface area (TPSA) is 317 Å². The second kappa shape index (κ2) is 6.50. The molecule has 0 aromatic rings. The summed E-state index contributed by atoms with van der Waals surface area (Å²) in [5.74, 6) is -9.61. The molecule has 176 valence electrons. The summed E-state index contributed by atoms with van der Waals surface area (Å²) in [6, 6.07) is -3.72. The molecule has 3 atom stereocenters. The first-order valence-electron chi connectivity index (χ1n) is 7.85. The van der Waals surface area contributed by atoms with E-state index in [2.05, 4.69) is 14.5 Å². The third-order valence-electron chi connectivity index (χ3n) is 4.65. The van der Waals surface area contributed by atoms with E-state index in [1.54, 1.807) is 0 Å². The summed E-state index contributed by atoms with van der Waals surface area (Å²) >= 11 is 0. The van der Waals surface area contributed by atoms with Gasteiger partial charge in [-0.15, -0.1) is 4.72 Å². The van der Waals surface area contributed by atoms with Crippen molar-refractivity contribution in [2.45, 2.75) is 35.9 Å². The van der Waals surface area contributed by atoms with E-state index >= 15 is 0 Å². The van der Waals surface area contributed by atoms with Crippen molar-refractivity contribution in [3.05, 3.63) is 17.2 Å². The summed E-state index contributed by atoms with van der Waals surface area (Å²) in [7, 11) is -10.5. The standard InChI is InChI=1S/C10H17N7O12S2/c11-6-13-5-3(1-8(18,19)15-30(23,24)25)17(22)7(12)16-2-4(29-31(26,27)28)10(20,21)9(5,16)14-6/h2-3,5,15,18-21H,1,12H2,(H3,11,13,14)(H,23,24,25)(H,26,27,28)/t3-,5+,9?/m1/s1. The number of nitrogens with two attached hydrogens (primary N) is 2. The minimum atomic E-state index is -5.30. The van der Waals surface area contributed by atoms with Crippen molar-refractivity contribution in [3.63, 3.8) is 0 Å². The van der Waals surface area contributed by atoms with E-state index in [4.69, 9.17) is 20.6 Å². The second-order valence-electron chi connectivity index (χ2n) is 6.75. The maximum absolute atomic E-state index is 12.7. The van der Waals surface area contributed by atoms with Crippen molar-refractivity contribution >= 4 is 32.6 Å². The van der Waals surface area contributed by atoms with Crippen LogP contribution in [-0.4, -0.2) is 97.4 Å². The molecule has 31 heavy (non-hydrogen) atoms. The van der Waals surface area contributed by atoms with Gasteiger partial charge in [-0.2, -0.15) is 16.8 Å². The Labute approximate surface area is 172 Å². The molecule has 1 spiro atoms. The number of rotatable bonds is 6. The average Bonchev–Trinajstić information content (AvgIpc) is 2.98. The Morgan fingerprint density at radius 3 is 2.42 bits per heavy atom. The average molecular weight is 491 g/mol. The number of aliphatic hydroxyl groups is 4. The Bertz CT molecular complexity index is 1110. The summed E-state index contributed by atoms with van der Waals surface area (Å²) < 4.78 is 66.7. The van der Waals surface area contributed by atoms with Gasteiger partial charge >= 0.3 is 26.7 Å². The van der Waals surface area contributed by atoms with Crippen LogP contribution in [0.15, 0.2) is 17.0 Å². The SMILES string of the molecule is NC1=N[C@H]2[C@@H](CC(O)(O)NS(=O)(=O)O)[N+]([O-])=C(N)N3C=C(OS(=O)(=O)O)C(O)(O)C23N1. The van der Waals surface area contributed by atoms with Crippen molar-refractivity contribution in [2.75, 3.05) is 0 Å². The fraction of sp³-hybridized carbons (Fsp3) is 0.600. The minimum absolute atomic E-state index is 0.136. The Morgan fingerprint density at radius 1 is 1.32 bits per heavy atom. The number of nitrogens with one attached hydrogen (secondary N) is 2. The first-order valence-corrected chi connectivity index (χ1v) is 10.7. The zero-order chi connectivity index (χ0) is 23.8. The summed E-state index contributed by atoms with van der Waals surface area (Å²) in [5.41, 5.74) is 8.74. The maximum Gasteiger partial charge on any atom is 0.446 e. The smallest absolute Gasteiger partial charge is 0.446 e. The van der Waals surface area contributed by atoms with E-state index < -0.39 is 74.2 Å². The van der Waals surface area contributed by atoms with Crippen molar-refractivity contribution in [2.24, 2.45) is 16.5 Å². The van der Waals surface area contributed by atoms with Crippen LogP contribution in [0.25, 0.3) is 0 Å². The normalized spacial score (nSPS) is 30.3. The molecular weight excluding hydrogens is 474 g/mol. The lowest BCUT2D eigenvalue weighted by molar-refractivity contribution is -0.533. The highest BCUT2D eigenvalue weighted by atomic mass is 32.3. The molecule has 0 bridgehead atoms. The number of nitrogens with zero attached hydrogens (tertiary/aromatic N) is 3.